The Labute approximate surface area is 94.7 Å². The van der Waals surface area contributed by atoms with Crippen molar-refractivity contribution in [1.82, 2.24) is 0 Å². The summed E-state index contributed by atoms with van der Waals surface area (Å²) < 4.78 is 5.94. The number of rotatable bonds is 0. The number of aryl methyl sites for hydroxylation is 3. The Morgan fingerprint density at radius 3 is 2.56 bits per heavy atom. The molecule has 0 saturated carbocycles. The van der Waals surface area contributed by atoms with Gasteiger partial charge >= 0.3 is 0 Å². The molecule has 0 aliphatic rings. The van der Waals surface area contributed by atoms with Crippen LogP contribution in [0.1, 0.15) is 16.7 Å². The zero-order valence-electron chi connectivity index (χ0n) is 9.79. The zero-order valence-corrected chi connectivity index (χ0v) is 9.79. The molecule has 16 heavy (non-hydrogen) atoms. The van der Waals surface area contributed by atoms with E-state index in [-0.39, 0.29) is 0 Å². The number of hydrogen-bond donors (Lipinski definition) is 0. The molecule has 1 heterocycles. The van der Waals surface area contributed by atoms with Gasteiger partial charge in [-0.25, -0.2) is 0 Å². The first-order valence-corrected chi connectivity index (χ1v) is 5.56. The lowest BCUT2D eigenvalue weighted by atomic mass is 10.0. The molecule has 3 rings (SSSR count). The fraction of sp³-hybridized carbons (Fsp3) is 0.200. The van der Waals surface area contributed by atoms with Gasteiger partial charge in [-0.3, -0.25) is 0 Å². The Morgan fingerprint density at radius 1 is 0.938 bits per heavy atom. The maximum atomic E-state index is 5.94. The van der Waals surface area contributed by atoms with Crippen molar-refractivity contribution in [3.63, 3.8) is 0 Å². The molecule has 3 aromatic rings. The maximum Gasteiger partial charge on any atom is 0.138 e. The Kier molecular flexibility index (Phi) is 1.84. The molecule has 80 valence electrons. The van der Waals surface area contributed by atoms with E-state index in [1.165, 1.54) is 27.5 Å². The van der Waals surface area contributed by atoms with Crippen molar-refractivity contribution in [2.45, 2.75) is 20.8 Å². The predicted octanol–water partition coefficient (Wildman–Crippen LogP) is 4.51. The Bertz CT molecular complexity index is 689. The average Bonchev–Trinajstić information content (AvgIpc) is 2.57. The fourth-order valence-corrected chi connectivity index (χ4v) is 2.45. The van der Waals surface area contributed by atoms with Gasteiger partial charge in [0.1, 0.15) is 11.2 Å². The second-order valence-corrected chi connectivity index (χ2v) is 4.51. The molecule has 2 aromatic carbocycles. The standard InChI is InChI=1S/C15H14O/c1-9-7-11(3)14-12-6-4-5-10(2)15(12)16-13(14)8-9/h4-8H,1-3H3. The summed E-state index contributed by atoms with van der Waals surface area (Å²) in [7, 11) is 0. The van der Waals surface area contributed by atoms with Crippen LogP contribution < -0.4 is 0 Å². The lowest BCUT2D eigenvalue weighted by Gasteiger charge is -1.97. The van der Waals surface area contributed by atoms with Crippen LogP contribution >= 0.6 is 0 Å². The van der Waals surface area contributed by atoms with Gasteiger partial charge in [-0.1, -0.05) is 24.3 Å². The van der Waals surface area contributed by atoms with Crippen molar-refractivity contribution in [2.75, 3.05) is 0 Å². The number of furan rings is 1. The monoisotopic (exact) mass is 210 g/mol. The molecule has 0 aliphatic carbocycles. The normalized spacial score (nSPS) is 11.4. The van der Waals surface area contributed by atoms with Crippen LogP contribution in [-0.4, -0.2) is 0 Å². The molecule has 0 unspecified atom stereocenters. The Balaban J connectivity index is 2.61. The van der Waals surface area contributed by atoms with Gasteiger partial charge in [-0.15, -0.1) is 0 Å². The summed E-state index contributed by atoms with van der Waals surface area (Å²) in [6, 6.07) is 10.6. The van der Waals surface area contributed by atoms with E-state index in [4.69, 9.17) is 4.42 Å². The highest BCUT2D eigenvalue weighted by Gasteiger charge is 2.10. The highest BCUT2D eigenvalue weighted by atomic mass is 16.3. The molecule has 0 N–H and O–H groups in total. The number of benzene rings is 2. The topological polar surface area (TPSA) is 13.1 Å². The Morgan fingerprint density at radius 2 is 1.75 bits per heavy atom. The van der Waals surface area contributed by atoms with Crippen LogP contribution in [0.3, 0.4) is 0 Å². The van der Waals surface area contributed by atoms with Gasteiger partial charge in [0, 0.05) is 10.8 Å². The molecule has 0 radical (unpaired) electrons. The van der Waals surface area contributed by atoms with Crippen molar-refractivity contribution in [3.8, 4) is 0 Å². The smallest absolute Gasteiger partial charge is 0.138 e. The molecule has 0 atom stereocenters. The van der Waals surface area contributed by atoms with Crippen LogP contribution in [0.4, 0.5) is 0 Å². The molecule has 1 nitrogen and oxygen atoms in total. The van der Waals surface area contributed by atoms with E-state index in [9.17, 15) is 0 Å². The summed E-state index contributed by atoms with van der Waals surface area (Å²) in [5.74, 6) is 0. The van der Waals surface area contributed by atoms with Crippen LogP contribution in [0.2, 0.25) is 0 Å². The molecular weight excluding hydrogens is 196 g/mol. The Hall–Kier alpha value is -1.76. The van der Waals surface area contributed by atoms with Crippen molar-refractivity contribution in [1.29, 1.82) is 0 Å². The lowest BCUT2D eigenvalue weighted by Crippen LogP contribution is -1.78. The van der Waals surface area contributed by atoms with Gasteiger partial charge in [0.25, 0.3) is 0 Å². The quantitative estimate of drug-likeness (QED) is 0.532. The van der Waals surface area contributed by atoms with Crippen molar-refractivity contribution in [3.05, 3.63) is 47.0 Å². The molecule has 0 amide bonds. The molecule has 0 saturated heterocycles. The minimum Gasteiger partial charge on any atom is -0.456 e. The number of para-hydroxylation sites is 1. The zero-order chi connectivity index (χ0) is 11.3. The second-order valence-electron chi connectivity index (χ2n) is 4.51. The summed E-state index contributed by atoms with van der Waals surface area (Å²) in [6.07, 6.45) is 0. The maximum absolute atomic E-state index is 5.94. The third-order valence-corrected chi connectivity index (χ3v) is 3.14. The molecule has 0 bridgehead atoms. The van der Waals surface area contributed by atoms with Gasteiger partial charge in [0.05, 0.1) is 0 Å². The first-order chi connectivity index (χ1) is 7.66. The third kappa shape index (κ3) is 1.18. The minimum absolute atomic E-state index is 1.00. The first kappa shape index (κ1) is 9.46. The van der Waals surface area contributed by atoms with Gasteiger partial charge in [0.2, 0.25) is 0 Å². The van der Waals surface area contributed by atoms with Gasteiger partial charge in [-0.05, 0) is 43.5 Å². The van der Waals surface area contributed by atoms with Crippen molar-refractivity contribution < 1.29 is 4.42 Å². The van der Waals surface area contributed by atoms with E-state index < -0.39 is 0 Å². The summed E-state index contributed by atoms with van der Waals surface area (Å²) in [5.41, 5.74) is 5.76. The van der Waals surface area contributed by atoms with E-state index in [2.05, 4.69) is 51.1 Å². The van der Waals surface area contributed by atoms with E-state index in [1.54, 1.807) is 0 Å². The lowest BCUT2D eigenvalue weighted by molar-refractivity contribution is 0.665. The summed E-state index contributed by atoms with van der Waals surface area (Å²) in [4.78, 5) is 0. The van der Waals surface area contributed by atoms with Crippen molar-refractivity contribution in [2.24, 2.45) is 0 Å². The predicted molar refractivity (Wildman–Crippen MR) is 67.9 cm³/mol. The molecule has 1 aromatic heterocycles. The second kappa shape index (κ2) is 3.11. The van der Waals surface area contributed by atoms with Crippen LogP contribution in [0.15, 0.2) is 34.7 Å². The van der Waals surface area contributed by atoms with E-state index >= 15 is 0 Å². The number of hydrogen-bond acceptors (Lipinski definition) is 1. The molecule has 1 heteroatoms. The molecule has 0 spiro atoms. The number of fused-ring (bicyclic) bond motifs is 3. The highest BCUT2D eigenvalue weighted by molar-refractivity contribution is 6.07. The van der Waals surface area contributed by atoms with E-state index in [0.717, 1.165) is 11.2 Å². The van der Waals surface area contributed by atoms with E-state index in [1.807, 2.05) is 0 Å². The molecular formula is C15H14O. The van der Waals surface area contributed by atoms with Gasteiger partial charge in [-0.2, -0.15) is 0 Å². The summed E-state index contributed by atoms with van der Waals surface area (Å²) in [5, 5.41) is 2.48. The highest BCUT2D eigenvalue weighted by Crippen LogP contribution is 2.33. The fourth-order valence-electron chi connectivity index (χ4n) is 2.45. The average molecular weight is 210 g/mol. The first-order valence-electron chi connectivity index (χ1n) is 5.56. The van der Waals surface area contributed by atoms with Crippen LogP contribution in [-0.2, 0) is 0 Å². The van der Waals surface area contributed by atoms with E-state index in [0.29, 0.717) is 0 Å². The van der Waals surface area contributed by atoms with Crippen LogP contribution in [0, 0.1) is 20.8 Å². The minimum atomic E-state index is 1.00. The SMILES string of the molecule is Cc1cc(C)c2c(c1)oc1c(C)cccc12. The van der Waals surface area contributed by atoms with Crippen LogP contribution in [0.5, 0.6) is 0 Å². The van der Waals surface area contributed by atoms with Crippen LogP contribution in [0.25, 0.3) is 21.9 Å². The van der Waals surface area contributed by atoms with Gasteiger partial charge in [0.15, 0.2) is 0 Å². The summed E-state index contributed by atoms with van der Waals surface area (Å²) in [6.45, 7) is 6.34. The third-order valence-electron chi connectivity index (χ3n) is 3.14. The molecule has 0 aliphatic heterocycles. The largest absolute Gasteiger partial charge is 0.456 e. The summed E-state index contributed by atoms with van der Waals surface area (Å²) >= 11 is 0. The van der Waals surface area contributed by atoms with Gasteiger partial charge < -0.3 is 4.42 Å². The van der Waals surface area contributed by atoms with Crippen molar-refractivity contribution >= 4 is 21.9 Å². The molecule has 0 fully saturated rings.